The van der Waals surface area contributed by atoms with Gasteiger partial charge in [0.1, 0.15) is 0 Å². The van der Waals surface area contributed by atoms with E-state index in [0.29, 0.717) is 27.4 Å². The molecule has 0 unspecified atom stereocenters. The lowest BCUT2D eigenvalue weighted by Crippen LogP contribution is -2.33. The predicted octanol–water partition coefficient (Wildman–Crippen LogP) is 6.07. The van der Waals surface area contributed by atoms with Gasteiger partial charge in [-0.05, 0) is 49.6 Å². The van der Waals surface area contributed by atoms with Gasteiger partial charge in [-0.15, -0.1) is 5.10 Å². The number of aryl methyl sites for hydroxylation is 1. The molecule has 0 fully saturated rings. The van der Waals surface area contributed by atoms with Gasteiger partial charge < -0.3 is 10.6 Å². The van der Waals surface area contributed by atoms with Crippen LogP contribution < -0.4 is 10.6 Å². The third-order valence-electron chi connectivity index (χ3n) is 5.30. The highest BCUT2D eigenvalue weighted by Crippen LogP contribution is 2.37. The van der Waals surface area contributed by atoms with Gasteiger partial charge in [-0.1, -0.05) is 67.0 Å². The fraction of sp³-hybridized carbons (Fsp3) is 0.292. The van der Waals surface area contributed by atoms with Crippen molar-refractivity contribution in [2.75, 3.05) is 10.6 Å². The molecule has 1 atom stereocenters. The van der Waals surface area contributed by atoms with Crippen molar-refractivity contribution < 1.29 is 4.79 Å². The third-order valence-corrected chi connectivity index (χ3v) is 6.46. The molecule has 0 saturated carbocycles. The first-order valence-electron chi connectivity index (χ1n) is 10.5. The quantitative estimate of drug-likeness (QED) is 0.430. The minimum absolute atomic E-state index is 0.146. The molecule has 0 aliphatic carbocycles. The molecule has 0 radical (unpaired) electrons. The topological polar surface area (TPSA) is 71.8 Å². The van der Waals surface area contributed by atoms with E-state index < -0.39 is 0 Å². The highest BCUT2D eigenvalue weighted by molar-refractivity contribution is 7.98. The Hall–Kier alpha value is -2.77. The molecule has 0 saturated heterocycles. The van der Waals surface area contributed by atoms with Crippen LogP contribution in [0.2, 0.25) is 5.02 Å². The van der Waals surface area contributed by atoms with E-state index in [2.05, 4.69) is 60.7 Å². The summed E-state index contributed by atoms with van der Waals surface area (Å²) in [7, 11) is 0. The SMILES string of the molecule is CC1=C(C(=O)Nc2ccc(Cl)cc2)[C@@H](C(C)C)n2nc(SCc3cccc(C)c3)nc2N1. The number of fused-ring (bicyclic) bond motifs is 1. The first kappa shape index (κ1) is 22.4. The number of nitrogens with one attached hydrogen (secondary N) is 2. The zero-order chi connectivity index (χ0) is 22.8. The number of aromatic nitrogens is 3. The zero-order valence-electron chi connectivity index (χ0n) is 18.5. The summed E-state index contributed by atoms with van der Waals surface area (Å²) in [6.45, 7) is 8.17. The Bertz CT molecular complexity index is 1170. The summed E-state index contributed by atoms with van der Waals surface area (Å²) < 4.78 is 1.84. The van der Waals surface area contributed by atoms with Gasteiger partial charge in [-0.2, -0.15) is 4.98 Å². The molecule has 166 valence electrons. The lowest BCUT2D eigenvalue weighted by molar-refractivity contribution is -0.113. The maximum Gasteiger partial charge on any atom is 0.255 e. The van der Waals surface area contributed by atoms with Gasteiger partial charge in [0.15, 0.2) is 0 Å². The van der Waals surface area contributed by atoms with Crippen LogP contribution in [-0.4, -0.2) is 20.7 Å². The van der Waals surface area contributed by atoms with Crippen LogP contribution in [0.25, 0.3) is 0 Å². The molecule has 1 aliphatic heterocycles. The molecule has 2 aromatic carbocycles. The maximum atomic E-state index is 13.2. The summed E-state index contributed by atoms with van der Waals surface area (Å²) >= 11 is 7.55. The third kappa shape index (κ3) is 4.84. The first-order valence-corrected chi connectivity index (χ1v) is 11.9. The molecule has 2 N–H and O–H groups in total. The van der Waals surface area contributed by atoms with E-state index >= 15 is 0 Å². The van der Waals surface area contributed by atoms with Crippen LogP contribution in [0, 0.1) is 12.8 Å². The molecule has 1 aromatic heterocycles. The van der Waals surface area contributed by atoms with Gasteiger partial charge in [-0.3, -0.25) is 4.79 Å². The average molecular weight is 468 g/mol. The fourth-order valence-electron chi connectivity index (χ4n) is 3.82. The standard InChI is InChI=1S/C24H26ClN5OS/c1-14(2)21-20(22(31)27-19-10-8-18(25)9-11-19)16(4)26-23-28-24(29-30(21)23)32-13-17-7-5-6-15(3)12-17/h5-12,14,21H,13H2,1-4H3,(H,27,31)(H,26,28,29)/t21-/m1/s1. The number of hydrogen-bond acceptors (Lipinski definition) is 5. The second-order valence-corrected chi connectivity index (χ2v) is 9.63. The number of rotatable bonds is 6. The molecule has 8 heteroatoms. The van der Waals surface area contributed by atoms with Crippen molar-refractivity contribution in [3.05, 3.63) is 76.0 Å². The summed E-state index contributed by atoms with van der Waals surface area (Å²) in [5.74, 6) is 1.43. The lowest BCUT2D eigenvalue weighted by Gasteiger charge is -2.30. The second-order valence-electron chi connectivity index (χ2n) is 8.25. The number of halogens is 1. The molecule has 3 aromatic rings. The van der Waals surface area contributed by atoms with Crippen molar-refractivity contribution in [3.63, 3.8) is 0 Å². The van der Waals surface area contributed by atoms with Crippen molar-refractivity contribution in [1.82, 2.24) is 14.8 Å². The lowest BCUT2D eigenvalue weighted by atomic mass is 9.92. The number of nitrogens with zero attached hydrogens (tertiary/aromatic N) is 3. The number of anilines is 2. The molecular formula is C24H26ClN5OS. The van der Waals surface area contributed by atoms with Crippen molar-refractivity contribution in [2.24, 2.45) is 5.92 Å². The van der Waals surface area contributed by atoms with Gasteiger partial charge in [0, 0.05) is 22.2 Å². The molecule has 0 bridgehead atoms. The van der Waals surface area contributed by atoms with Gasteiger partial charge in [-0.25, -0.2) is 4.68 Å². The number of carbonyl (C=O) groups excluding carboxylic acids is 1. The van der Waals surface area contributed by atoms with E-state index in [1.165, 1.54) is 11.1 Å². The van der Waals surface area contributed by atoms with Gasteiger partial charge in [0.25, 0.3) is 5.91 Å². The number of amides is 1. The monoisotopic (exact) mass is 467 g/mol. The van der Waals surface area contributed by atoms with Gasteiger partial charge in [0.2, 0.25) is 11.1 Å². The molecule has 4 rings (SSSR count). The van der Waals surface area contributed by atoms with Crippen LogP contribution in [0.15, 0.2) is 65.0 Å². The summed E-state index contributed by atoms with van der Waals surface area (Å²) in [4.78, 5) is 17.9. The Labute approximate surface area is 197 Å². The number of benzene rings is 2. The average Bonchev–Trinajstić information content (AvgIpc) is 3.15. The van der Waals surface area contributed by atoms with Crippen LogP contribution in [0.3, 0.4) is 0 Å². The number of allylic oxidation sites excluding steroid dienone is 1. The highest BCUT2D eigenvalue weighted by atomic mass is 35.5. The second kappa shape index (κ2) is 9.38. The smallest absolute Gasteiger partial charge is 0.255 e. The normalized spacial score (nSPS) is 15.5. The van der Waals surface area contributed by atoms with Crippen LogP contribution in [-0.2, 0) is 10.5 Å². The fourth-order valence-corrected chi connectivity index (χ4v) is 4.72. The Morgan fingerprint density at radius 3 is 2.66 bits per heavy atom. The summed E-state index contributed by atoms with van der Waals surface area (Å²) in [6.07, 6.45) is 0. The molecule has 2 heterocycles. The summed E-state index contributed by atoms with van der Waals surface area (Å²) in [5, 5.41) is 12.3. The molecule has 6 nitrogen and oxygen atoms in total. The van der Waals surface area contributed by atoms with Crippen molar-refractivity contribution >= 4 is 40.9 Å². The minimum atomic E-state index is -0.223. The minimum Gasteiger partial charge on any atom is -0.328 e. The van der Waals surface area contributed by atoms with E-state index in [1.807, 2.05) is 11.6 Å². The van der Waals surface area contributed by atoms with E-state index in [4.69, 9.17) is 16.7 Å². The number of carbonyl (C=O) groups is 1. The Kier molecular flexibility index (Phi) is 6.58. The van der Waals surface area contributed by atoms with Crippen LogP contribution in [0.1, 0.15) is 37.9 Å². The Balaban J connectivity index is 1.56. The summed E-state index contributed by atoms with van der Waals surface area (Å²) in [5.41, 5.74) is 4.60. The van der Waals surface area contributed by atoms with Crippen LogP contribution in [0.4, 0.5) is 11.6 Å². The van der Waals surface area contributed by atoms with E-state index in [-0.39, 0.29) is 17.9 Å². The van der Waals surface area contributed by atoms with Gasteiger partial charge >= 0.3 is 0 Å². The maximum absolute atomic E-state index is 13.2. The molecule has 1 amide bonds. The predicted molar refractivity (Wildman–Crippen MR) is 131 cm³/mol. The van der Waals surface area contributed by atoms with Crippen LogP contribution in [0.5, 0.6) is 0 Å². The van der Waals surface area contributed by atoms with Crippen LogP contribution >= 0.6 is 23.4 Å². The number of hydrogen-bond donors (Lipinski definition) is 2. The largest absolute Gasteiger partial charge is 0.328 e. The molecule has 0 spiro atoms. The Morgan fingerprint density at radius 2 is 1.97 bits per heavy atom. The number of thioether (sulfide) groups is 1. The molecular weight excluding hydrogens is 442 g/mol. The van der Waals surface area contributed by atoms with Crippen molar-refractivity contribution in [2.45, 2.75) is 44.6 Å². The first-order chi connectivity index (χ1) is 15.3. The van der Waals surface area contributed by atoms with E-state index in [9.17, 15) is 4.79 Å². The van der Waals surface area contributed by atoms with E-state index in [0.717, 1.165) is 11.4 Å². The zero-order valence-corrected chi connectivity index (χ0v) is 20.1. The molecule has 1 aliphatic rings. The highest BCUT2D eigenvalue weighted by Gasteiger charge is 2.35. The van der Waals surface area contributed by atoms with Gasteiger partial charge in [0.05, 0.1) is 11.6 Å². The van der Waals surface area contributed by atoms with Crippen molar-refractivity contribution in [1.29, 1.82) is 0 Å². The molecule has 32 heavy (non-hydrogen) atoms. The van der Waals surface area contributed by atoms with Crippen molar-refractivity contribution in [3.8, 4) is 0 Å². The Morgan fingerprint density at radius 1 is 1.22 bits per heavy atom. The summed E-state index contributed by atoms with van der Waals surface area (Å²) in [6, 6.07) is 15.3. The van der Waals surface area contributed by atoms with E-state index in [1.54, 1.807) is 36.0 Å².